The molecule has 0 spiro atoms. The van der Waals surface area contributed by atoms with E-state index in [0.717, 1.165) is 17.6 Å². The minimum absolute atomic E-state index is 0.00732. The number of Topliss-reactive ketones (excluding diaryl/α,β-unsaturated/α-hetero) is 1. The fourth-order valence-corrected chi connectivity index (χ4v) is 7.69. The lowest BCUT2D eigenvalue weighted by Gasteiger charge is -2.40. The van der Waals surface area contributed by atoms with Crippen molar-refractivity contribution in [2.24, 2.45) is 29.6 Å². The number of likely N-dealkylation sites (N-methyl/N-ethyl adjacent to an activating group) is 2. The van der Waals surface area contributed by atoms with Gasteiger partial charge in [0.15, 0.2) is 5.78 Å². The Hall–Kier alpha value is -3.61. The van der Waals surface area contributed by atoms with Crippen molar-refractivity contribution in [1.82, 2.24) is 20.4 Å². The van der Waals surface area contributed by atoms with Gasteiger partial charge in [-0.15, -0.1) is 0 Å². The molecule has 12 heteroatoms. The van der Waals surface area contributed by atoms with Crippen molar-refractivity contribution in [3.63, 3.8) is 0 Å². The number of methoxy groups -OCH3 is 2. The van der Waals surface area contributed by atoms with E-state index in [9.17, 15) is 29.1 Å². The van der Waals surface area contributed by atoms with Crippen molar-refractivity contribution >= 4 is 29.5 Å². The number of hydrogen-bond donors (Lipinski definition) is 3. The lowest BCUT2D eigenvalue weighted by Crippen LogP contribution is -2.55. The molecule has 9 atom stereocenters. The van der Waals surface area contributed by atoms with Gasteiger partial charge in [0.05, 0.1) is 42.7 Å². The first-order chi connectivity index (χ1) is 24.9. The molecule has 2 rings (SSSR count). The van der Waals surface area contributed by atoms with Gasteiger partial charge in [0, 0.05) is 46.6 Å². The third-order valence-electron chi connectivity index (χ3n) is 11.0. The Bertz CT molecular complexity index is 1380. The van der Waals surface area contributed by atoms with Crippen LogP contribution in [0.25, 0.3) is 0 Å². The zero-order valence-corrected chi connectivity index (χ0v) is 33.9. The molecule has 1 aromatic carbocycles. The second kappa shape index (κ2) is 21.3. The van der Waals surface area contributed by atoms with Crippen LogP contribution in [0.2, 0.25) is 0 Å². The molecule has 53 heavy (non-hydrogen) atoms. The molecule has 298 valence electrons. The average Bonchev–Trinajstić information content (AvgIpc) is 3.50. The Morgan fingerprint density at radius 2 is 1.60 bits per heavy atom. The number of carboxylic acids is 1. The molecule has 0 saturated carbocycles. The predicted molar refractivity (Wildman–Crippen MR) is 206 cm³/mol. The summed E-state index contributed by atoms with van der Waals surface area (Å²) in [6, 6.07) is 6.57. The molecule has 0 unspecified atom stereocenters. The molecule has 0 aromatic heterocycles. The highest BCUT2D eigenvalue weighted by Crippen LogP contribution is 2.32. The van der Waals surface area contributed by atoms with Crippen molar-refractivity contribution in [2.45, 2.75) is 117 Å². The summed E-state index contributed by atoms with van der Waals surface area (Å²) in [6.07, 6.45) is -0.102. The van der Waals surface area contributed by atoms with Gasteiger partial charge >= 0.3 is 5.97 Å². The smallest absolute Gasteiger partial charge is 0.326 e. The molecule has 1 heterocycles. The summed E-state index contributed by atoms with van der Waals surface area (Å²) in [5.74, 6) is -3.45. The number of carbonyl (C=O) groups excluding carboxylic acids is 4. The lowest BCUT2D eigenvalue weighted by atomic mass is 9.84. The number of ketones is 1. The van der Waals surface area contributed by atoms with Crippen LogP contribution >= 0.6 is 0 Å². The fraction of sp³-hybridized carbons (Fsp3) is 0.683. The van der Waals surface area contributed by atoms with E-state index in [0.29, 0.717) is 6.42 Å². The van der Waals surface area contributed by atoms with Gasteiger partial charge in [-0.2, -0.15) is 0 Å². The number of likely N-dealkylation sites (tertiary alicyclic amines) is 1. The molecule has 0 aliphatic carbocycles. The standard InChI is InChI=1S/C41H66N4O8/c1-13-27(7)37(44(10)40(49)30(24(2)3)21-33(46)36(42-9)25(4)5)34(52-11)22-35(47)45-23-26(6)19-32(45)38(53-12)28(8)39(48)43-31(41(50)51)20-29-17-15-14-16-18-29/h14-18,24-25,27-28,30-32,34,36-38,42H,6,13,19-23H2,1-5,7-12H3,(H,43,48)(H,50,51)/t27-,28+,30-,31-,32-,34+,36-,37-,38+/m0/s1. The zero-order chi connectivity index (χ0) is 40.2. The minimum Gasteiger partial charge on any atom is -0.480 e. The van der Waals surface area contributed by atoms with Gasteiger partial charge in [-0.25, -0.2) is 4.79 Å². The van der Waals surface area contributed by atoms with E-state index < -0.39 is 54.0 Å². The normalized spacial score (nSPS) is 19.2. The van der Waals surface area contributed by atoms with Crippen LogP contribution in [0.5, 0.6) is 0 Å². The molecule has 3 amide bonds. The van der Waals surface area contributed by atoms with Crippen molar-refractivity contribution in [3.8, 4) is 0 Å². The van der Waals surface area contributed by atoms with E-state index in [1.54, 1.807) is 43.0 Å². The van der Waals surface area contributed by atoms with Gasteiger partial charge in [-0.3, -0.25) is 19.2 Å². The molecule has 0 bridgehead atoms. The summed E-state index contributed by atoms with van der Waals surface area (Å²) in [5.41, 5.74) is 1.58. The van der Waals surface area contributed by atoms with Crippen LogP contribution in [0.3, 0.4) is 0 Å². The first-order valence-electron chi connectivity index (χ1n) is 19.0. The van der Waals surface area contributed by atoms with E-state index in [4.69, 9.17) is 9.47 Å². The van der Waals surface area contributed by atoms with Crippen LogP contribution < -0.4 is 10.6 Å². The number of nitrogens with zero attached hydrogens (tertiary/aromatic N) is 2. The van der Waals surface area contributed by atoms with Crippen molar-refractivity contribution in [2.75, 3.05) is 34.9 Å². The number of ether oxygens (including phenoxy) is 2. The largest absolute Gasteiger partial charge is 0.480 e. The quantitative estimate of drug-likeness (QED) is 0.147. The highest BCUT2D eigenvalue weighted by atomic mass is 16.5. The van der Waals surface area contributed by atoms with Crippen LogP contribution in [0.15, 0.2) is 42.5 Å². The SMILES string of the molecule is C=C1C[C@@H]([C@H](OC)[C@@H](C)C(=O)N[C@@H](Cc2ccccc2)C(=O)O)N(C(=O)C[C@@H](OC)[C@H]([C@@H](C)CC)N(C)C(=O)[C@@H](CC(=O)[C@@H](NC)C(C)C)C(C)C)C1. The van der Waals surface area contributed by atoms with Crippen LogP contribution in [0.4, 0.5) is 0 Å². The van der Waals surface area contributed by atoms with Crippen LogP contribution in [-0.2, 0) is 39.9 Å². The lowest BCUT2D eigenvalue weighted by molar-refractivity contribution is -0.149. The molecule has 1 saturated heterocycles. The number of aliphatic carboxylic acids is 1. The van der Waals surface area contributed by atoms with Gasteiger partial charge in [-0.1, -0.05) is 97.4 Å². The van der Waals surface area contributed by atoms with Gasteiger partial charge in [0.25, 0.3) is 0 Å². The summed E-state index contributed by atoms with van der Waals surface area (Å²) >= 11 is 0. The maximum atomic E-state index is 14.2. The molecule has 1 aliphatic heterocycles. The Morgan fingerprint density at radius 3 is 2.09 bits per heavy atom. The summed E-state index contributed by atoms with van der Waals surface area (Å²) in [6.45, 7) is 18.0. The minimum atomic E-state index is -1.15. The highest BCUT2D eigenvalue weighted by molar-refractivity contribution is 5.90. The molecular formula is C41H66N4O8. The Labute approximate surface area is 317 Å². The first kappa shape index (κ1) is 45.5. The van der Waals surface area contributed by atoms with Crippen LogP contribution in [-0.4, -0.2) is 116 Å². The number of benzene rings is 1. The molecule has 12 nitrogen and oxygen atoms in total. The Morgan fingerprint density at radius 1 is 0.981 bits per heavy atom. The van der Waals surface area contributed by atoms with E-state index >= 15 is 0 Å². The van der Waals surface area contributed by atoms with Gasteiger partial charge in [0.1, 0.15) is 6.04 Å². The van der Waals surface area contributed by atoms with E-state index in [-0.39, 0.29) is 67.2 Å². The van der Waals surface area contributed by atoms with Gasteiger partial charge in [-0.05, 0) is 36.8 Å². The summed E-state index contributed by atoms with van der Waals surface area (Å²) in [4.78, 5) is 70.7. The summed E-state index contributed by atoms with van der Waals surface area (Å²) < 4.78 is 11.9. The third-order valence-corrected chi connectivity index (χ3v) is 11.0. The zero-order valence-electron chi connectivity index (χ0n) is 33.9. The summed E-state index contributed by atoms with van der Waals surface area (Å²) in [7, 11) is 6.50. The molecule has 0 radical (unpaired) electrons. The second-order valence-corrected chi connectivity index (χ2v) is 15.5. The Balaban J connectivity index is 2.31. The maximum absolute atomic E-state index is 14.2. The van der Waals surface area contributed by atoms with Crippen LogP contribution in [0, 0.1) is 29.6 Å². The molecule has 3 N–H and O–H groups in total. The highest BCUT2D eigenvalue weighted by Gasteiger charge is 2.44. The number of rotatable bonds is 22. The van der Waals surface area contributed by atoms with E-state index in [2.05, 4.69) is 17.2 Å². The molecular weight excluding hydrogens is 676 g/mol. The number of carboxylic acid groups (broad SMARTS) is 1. The van der Waals surface area contributed by atoms with E-state index in [1.165, 1.54) is 14.2 Å². The van der Waals surface area contributed by atoms with Crippen molar-refractivity contribution in [3.05, 3.63) is 48.0 Å². The Kier molecular flexibility index (Phi) is 18.3. The predicted octanol–water partition coefficient (Wildman–Crippen LogP) is 4.36. The number of nitrogens with one attached hydrogen (secondary N) is 2. The number of amides is 3. The molecule has 1 fully saturated rings. The first-order valence-corrected chi connectivity index (χ1v) is 19.0. The van der Waals surface area contributed by atoms with Gasteiger partial charge in [0.2, 0.25) is 17.7 Å². The third kappa shape index (κ3) is 12.2. The van der Waals surface area contributed by atoms with Crippen LogP contribution in [0.1, 0.15) is 79.7 Å². The van der Waals surface area contributed by atoms with Gasteiger partial charge < -0.3 is 35.0 Å². The number of hydrogen-bond acceptors (Lipinski definition) is 8. The maximum Gasteiger partial charge on any atom is 0.326 e. The average molecular weight is 743 g/mol. The monoisotopic (exact) mass is 742 g/mol. The topological polar surface area (TPSA) is 155 Å². The van der Waals surface area contributed by atoms with Crippen molar-refractivity contribution < 1.29 is 38.6 Å². The van der Waals surface area contributed by atoms with Crippen molar-refractivity contribution in [1.29, 1.82) is 0 Å². The summed E-state index contributed by atoms with van der Waals surface area (Å²) in [5, 5.41) is 15.7. The van der Waals surface area contributed by atoms with E-state index in [1.807, 2.05) is 59.7 Å². The fourth-order valence-electron chi connectivity index (χ4n) is 7.69. The number of carbonyl (C=O) groups is 5. The second-order valence-electron chi connectivity index (χ2n) is 15.5. The molecule has 1 aromatic rings. The molecule has 1 aliphatic rings.